The lowest BCUT2D eigenvalue weighted by atomic mass is 10.0. The monoisotopic (exact) mass is 409 g/mol. The van der Waals surface area contributed by atoms with Gasteiger partial charge in [0.05, 0.1) is 0 Å². The molecule has 0 saturated carbocycles. The van der Waals surface area contributed by atoms with Gasteiger partial charge in [-0.15, -0.1) is 0 Å². The zero-order valence-corrected chi connectivity index (χ0v) is 13.6. The van der Waals surface area contributed by atoms with Crippen LogP contribution in [0.1, 0.15) is 30.1 Å². The maximum Gasteiger partial charge on any atom is 0.251 e. The molecule has 1 aromatic rings. The highest BCUT2D eigenvalue weighted by molar-refractivity contribution is 14.1. The van der Waals surface area contributed by atoms with Crippen molar-refractivity contribution < 1.29 is 4.79 Å². The molecule has 0 fully saturated rings. The van der Waals surface area contributed by atoms with E-state index in [1.165, 1.54) is 0 Å². The van der Waals surface area contributed by atoms with E-state index in [0.29, 0.717) is 5.92 Å². The van der Waals surface area contributed by atoms with Gasteiger partial charge < -0.3 is 5.32 Å². The van der Waals surface area contributed by atoms with Crippen molar-refractivity contribution in [1.29, 1.82) is 0 Å². The Kier molecular flexibility index (Phi) is 7.11. The lowest BCUT2D eigenvalue weighted by Gasteiger charge is -2.14. The molecule has 1 aromatic carbocycles. The van der Waals surface area contributed by atoms with Crippen LogP contribution in [-0.4, -0.2) is 17.8 Å². The van der Waals surface area contributed by atoms with E-state index in [2.05, 4.69) is 50.8 Å². The molecular formula is C13H17BrINO. The summed E-state index contributed by atoms with van der Waals surface area (Å²) in [6.45, 7) is 2.91. The molecule has 1 unspecified atom stereocenters. The van der Waals surface area contributed by atoms with Gasteiger partial charge in [0, 0.05) is 21.0 Å². The van der Waals surface area contributed by atoms with Crippen LogP contribution in [0.2, 0.25) is 0 Å². The Morgan fingerprint density at radius 3 is 2.59 bits per heavy atom. The lowest BCUT2D eigenvalue weighted by Crippen LogP contribution is -2.29. The van der Waals surface area contributed by atoms with Crippen LogP contribution in [0.4, 0.5) is 0 Å². The van der Waals surface area contributed by atoms with E-state index in [1.807, 2.05) is 24.3 Å². The molecule has 4 heteroatoms. The van der Waals surface area contributed by atoms with Crippen molar-refractivity contribution in [3.63, 3.8) is 0 Å². The first-order valence-electron chi connectivity index (χ1n) is 5.77. The largest absolute Gasteiger partial charge is 0.352 e. The molecular weight excluding hydrogens is 393 g/mol. The van der Waals surface area contributed by atoms with E-state index >= 15 is 0 Å². The molecule has 0 heterocycles. The Labute approximate surface area is 125 Å². The Balaban J connectivity index is 2.46. The fraction of sp³-hybridized carbons (Fsp3) is 0.462. The summed E-state index contributed by atoms with van der Waals surface area (Å²) in [5.74, 6) is 0.580. The summed E-state index contributed by atoms with van der Waals surface area (Å²) in [5, 5.41) is 3.98. The third kappa shape index (κ3) is 5.38. The predicted octanol–water partition coefficient (Wildman–Crippen LogP) is 3.83. The van der Waals surface area contributed by atoms with E-state index in [9.17, 15) is 4.79 Å². The van der Waals surface area contributed by atoms with Gasteiger partial charge in [0.2, 0.25) is 0 Å². The molecule has 0 radical (unpaired) electrons. The van der Waals surface area contributed by atoms with Crippen molar-refractivity contribution >= 4 is 44.4 Å². The summed E-state index contributed by atoms with van der Waals surface area (Å²) in [5.41, 5.74) is 0.735. The minimum Gasteiger partial charge on any atom is -0.352 e. The molecule has 0 spiro atoms. The highest BCUT2D eigenvalue weighted by atomic mass is 127. The number of benzene rings is 1. The van der Waals surface area contributed by atoms with Crippen LogP contribution in [0.3, 0.4) is 0 Å². The molecule has 0 bridgehead atoms. The number of nitrogens with one attached hydrogen (secondary N) is 1. The zero-order valence-electron chi connectivity index (χ0n) is 9.88. The molecule has 0 aliphatic heterocycles. The minimum atomic E-state index is 0.0226. The second-order valence-corrected chi connectivity index (χ2v) is 6.01. The first-order valence-corrected chi connectivity index (χ1v) is 7.97. The summed E-state index contributed by atoms with van der Waals surface area (Å²) in [6.07, 6.45) is 2.20. The fourth-order valence-corrected chi connectivity index (χ4v) is 2.55. The van der Waals surface area contributed by atoms with Gasteiger partial charge in [-0.25, -0.2) is 0 Å². The van der Waals surface area contributed by atoms with Crippen LogP contribution in [0.25, 0.3) is 0 Å². The number of carbonyl (C=O) groups is 1. The highest BCUT2D eigenvalue weighted by Gasteiger charge is 2.09. The molecule has 1 amide bonds. The van der Waals surface area contributed by atoms with Crippen LogP contribution < -0.4 is 5.32 Å². The quantitative estimate of drug-likeness (QED) is 0.561. The normalized spacial score (nSPS) is 12.2. The van der Waals surface area contributed by atoms with Crippen molar-refractivity contribution in [1.82, 2.24) is 5.32 Å². The number of halogens is 2. The number of carbonyl (C=O) groups excluding carboxylic acids is 1. The number of hydrogen-bond donors (Lipinski definition) is 1. The second kappa shape index (κ2) is 8.08. The molecule has 0 aliphatic rings. The van der Waals surface area contributed by atoms with Crippen LogP contribution in [-0.2, 0) is 0 Å². The van der Waals surface area contributed by atoms with E-state index in [1.54, 1.807) is 0 Å². The van der Waals surface area contributed by atoms with Crippen molar-refractivity contribution in [2.45, 2.75) is 19.8 Å². The number of amides is 1. The highest BCUT2D eigenvalue weighted by Crippen LogP contribution is 2.10. The first kappa shape index (κ1) is 15.0. The topological polar surface area (TPSA) is 29.1 Å². The number of alkyl halides is 1. The molecule has 94 valence electrons. The van der Waals surface area contributed by atoms with Gasteiger partial charge >= 0.3 is 0 Å². The van der Waals surface area contributed by atoms with Crippen molar-refractivity contribution in [3.05, 3.63) is 33.4 Å². The number of rotatable bonds is 6. The Morgan fingerprint density at radius 1 is 1.41 bits per heavy atom. The molecule has 0 aromatic heterocycles. The van der Waals surface area contributed by atoms with Crippen LogP contribution in [0.15, 0.2) is 24.3 Å². The van der Waals surface area contributed by atoms with E-state index in [4.69, 9.17) is 0 Å². The third-order valence-corrected chi connectivity index (χ3v) is 3.93. The molecule has 1 N–H and O–H groups in total. The molecule has 0 saturated heterocycles. The SMILES string of the molecule is CCC(CCBr)CNC(=O)c1ccc(I)cc1. The molecule has 1 atom stereocenters. The third-order valence-electron chi connectivity index (χ3n) is 2.75. The van der Waals surface area contributed by atoms with Crippen LogP contribution in [0, 0.1) is 9.49 Å². The summed E-state index contributed by atoms with van der Waals surface area (Å²) in [7, 11) is 0. The van der Waals surface area contributed by atoms with Crippen molar-refractivity contribution in [2.24, 2.45) is 5.92 Å². The van der Waals surface area contributed by atoms with E-state index < -0.39 is 0 Å². The Morgan fingerprint density at radius 2 is 2.06 bits per heavy atom. The summed E-state index contributed by atoms with van der Waals surface area (Å²) < 4.78 is 1.14. The van der Waals surface area contributed by atoms with E-state index in [0.717, 1.165) is 33.9 Å². The average Bonchev–Trinajstić information content (AvgIpc) is 2.35. The van der Waals surface area contributed by atoms with Gasteiger partial charge in [-0.2, -0.15) is 0 Å². The summed E-state index contributed by atoms with van der Waals surface area (Å²) in [4.78, 5) is 11.9. The van der Waals surface area contributed by atoms with Crippen LogP contribution in [0.5, 0.6) is 0 Å². The molecule has 0 aliphatic carbocycles. The Bertz CT molecular complexity index is 353. The van der Waals surface area contributed by atoms with Crippen molar-refractivity contribution in [3.8, 4) is 0 Å². The second-order valence-electron chi connectivity index (χ2n) is 3.97. The smallest absolute Gasteiger partial charge is 0.251 e. The minimum absolute atomic E-state index is 0.0226. The van der Waals surface area contributed by atoms with Gasteiger partial charge in [0.15, 0.2) is 0 Å². The maximum atomic E-state index is 11.9. The van der Waals surface area contributed by atoms with Gasteiger partial charge in [-0.3, -0.25) is 4.79 Å². The predicted molar refractivity (Wildman–Crippen MR) is 83.7 cm³/mol. The average molecular weight is 410 g/mol. The fourth-order valence-electron chi connectivity index (χ4n) is 1.55. The summed E-state index contributed by atoms with van der Waals surface area (Å²) in [6, 6.07) is 7.63. The van der Waals surface area contributed by atoms with Gasteiger partial charge in [-0.05, 0) is 59.2 Å². The molecule has 2 nitrogen and oxygen atoms in total. The van der Waals surface area contributed by atoms with Gasteiger partial charge in [0.25, 0.3) is 5.91 Å². The van der Waals surface area contributed by atoms with E-state index in [-0.39, 0.29) is 5.91 Å². The van der Waals surface area contributed by atoms with Crippen molar-refractivity contribution in [2.75, 3.05) is 11.9 Å². The standard InChI is InChI=1S/C13H17BrINO/c1-2-10(7-8-14)9-16-13(17)11-3-5-12(15)6-4-11/h3-6,10H,2,7-9H2,1H3,(H,16,17). The summed E-state index contributed by atoms with van der Waals surface area (Å²) >= 11 is 5.67. The van der Waals surface area contributed by atoms with Crippen LogP contribution >= 0.6 is 38.5 Å². The lowest BCUT2D eigenvalue weighted by molar-refractivity contribution is 0.0946. The van der Waals surface area contributed by atoms with Gasteiger partial charge in [-0.1, -0.05) is 29.3 Å². The zero-order chi connectivity index (χ0) is 12.7. The number of hydrogen-bond acceptors (Lipinski definition) is 1. The first-order chi connectivity index (χ1) is 8.17. The molecule has 17 heavy (non-hydrogen) atoms. The molecule has 1 rings (SSSR count). The Hall–Kier alpha value is -0.100. The maximum absolute atomic E-state index is 11.9. The van der Waals surface area contributed by atoms with Gasteiger partial charge in [0.1, 0.15) is 0 Å².